The third-order valence-electron chi connectivity index (χ3n) is 7.76. The minimum absolute atomic E-state index is 0.172. The Hall–Kier alpha value is -3.06. The largest absolute Gasteiger partial charge is 0.486 e. The second-order valence-electron chi connectivity index (χ2n) is 10.2. The molecule has 0 spiro atoms. The predicted octanol–water partition coefficient (Wildman–Crippen LogP) is 5.34. The SMILES string of the molecule is N#Cc1c(-c2ccc(NS(=O)(=O)C3CCCC3)cc2)n(C2CCC2)c2cc(OC3COCOC3)ccc12. The average Bonchev–Trinajstić information content (AvgIpc) is 3.52. The van der Waals surface area contributed by atoms with Gasteiger partial charge in [0, 0.05) is 23.2 Å². The van der Waals surface area contributed by atoms with Gasteiger partial charge in [-0.25, -0.2) is 8.42 Å². The lowest BCUT2D eigenvalue weighted by molar-refractivity contribution is -0.143. The monoisotopic (exact) mass is 521 g/mol. The standard InChI is InChI=1S/C28H31N3O5S/c29-15-26-25-13-12-22(36-23-16-34-18-35-17-23)14-27(25)31(21-4-3-5-21)28(26)19-8-10-20(11-9-19)30-37(32,33)24-6-1-2-7-24/h8-14,21,23-24,30H,1-7,16-18H2. The van der Waals surface area contributed by atoms with Gasteiger partial charge in [0.25, 0.3) is 0 Å². The van der Waals surface area contributed by atoms with Gasteiger partial charge in [-0.15, -0.1) is 0 Å². The Morgan fingerprint density at radius 3 is 2.35 bits per heavy atom. The minimum Gasteiger partial charge on any atom is -0.486 e. The molecular formula is C28H31N3O5S. The molecule has 0 atom stereocenters. The Bertz CT molecular complexity index is 1430. The average molecular weight is 522 g/mol. The van der Waals surface area contributed by atoms with Crippen molar-refractivity contribution in [3.05, 3.63) is 48.0 Å². The van der Waals surface area contributed by atoms with Crippen LogP contribution in [-0.4, -0.2) is 44.3 Å². The van der Waals surface area contributed by atoms with E-state index in [0.717, 1.165) is 60.0 Å². The number of sulfonamides is 1. The summed E-state index contributed by atoms with van der Waals surface area (Å²) in [6.07, 6.45) is 6.44. The zero-order chi connectivity index (χ0) is 25.4. The molecule has 3 aliphatic rings. The Morgan fingerprint density at radius 2 is 1.70 bits per heavy atom. The lowest BCUT2D eigenvalue weighted by Gasteiger charge is -2.30. The van der Waals surface area contributed by atoms with Crippen LogP contribution in [0.3, 0.4) is 0 Å². The molecule has 3 fully saturated rings. The first-order valence-electron chi connectivity index (χ1n) is 13.1. The Balaban J connectivity index is 1.36. The summed E-state index contributed by atoms with van der Waals surface area (Å²) in [4.78, 5) is 0. The molecule has 1 aliphatic heterocycles. The van der Waals surface area contributed by atoms with Crippen molar-refractivity contribution < 1.29 is 22.6 Å². The predicted molar refractivity (Wildman–Crippen MR) is 141 cm³/mol. The van der Waals surface area contributed by atoms with E-state index in [0.29, 0.717) is 50.1 Å². The van der Waals surface area contributed by atoms with Crippen LogP contribution in [-0.2, 0) is 19.5 Å². The first-order chi connectivity index (χ1) is 18.0. The Labute approximate surface area is 217 Å². The number of hydrogen-bond donors (Lipinski definition) is 1. The quantitative estimate of drug-likeness (QED) is 0.450. The second kappa shape index (κ2) is 10.0. The molecule has 1 N–H and O–H groups in total. The van der Waals surface area contributed by atoms with Gasteiger partial charge in [-0.1, -0.05) is 25.0 Å². The molecule has 0 unspecified atom stereocenters. The normalized spacial score (nSPS) is 19.5. The summed E-state index contributed by atoms with van der Waals surface area (Å²) in [6, 6.07) is 16.0. The van der Waals surface area contributed by atoms with E-state index in [1.165, 1.54) is 0 Å². The molecule has 1 saturated heterocycles. The highest BCUT2D eigenvalue weighted by Crippen LogP contribution is 2.43. The van der Waals surface area contributed by atoms with Crippen LogP contribution in [0, 0.1) is 11.3 Å². The first kappa shape index (κ1) is 24.3. The maximum atomic E-state index is 12.8. The summed E-state index contributed by atoms with van der Waals surface area (Å²) in [5, 5.41) is 10.8. The maximum absolute atomic E-state index is 12.8. The summed E-state index contributed by atoms with van der Waals surface area (Å²) in [5.41, 5.74) is 3.90. The number of nitrogens with one attached hydrogen (secondary N) is 1. The summed E-state index contributed by atoms with van der Waals surface area (Å²) in [6.45, 7) is 1.25. The number of aromatic nitrogens is 1. The van der Waals surface area contributed by atoms with Gasteiger partial charge in [-0.3, -0.25) is 4.72 Å². The number of nitrogens with zero attached hydrogens (tertiary/aromatic N) is 2. The van der Waals surface area contributed by atoms with E-state index in [1.54, 1.807) is 12.1 Å². The molecule has 194 valence electrons. The van der Waals surface area contributed by atoms with Gasteiger partial charge in [0.15, 0.2) is 0 Å². The van der Waals surface area contributed by atoms with Crippen LogP contribution in [0.5, 0.6) is 5.75 Å². The van der Waals surface area contributed by atoms with Crippen molar-refractivity contribution in [3.63, 3.8) is 0 Å². The first-order valence-corrected chi connectivity index (χ1v) is 14.6. The van der Waals surface area contributed by atoms with E-state index >= 15 is 0 Å². The van der Waals surface area contributed by atoms with E-state index in [4.69, 9.17) is 14.2 Å². The van der Waals surface area contributed by atoms with Gasteiger partial charge >= 0.3 is 0 Å². The van der Waals surface area contributed by atoms with Crippen LogP contribution >= 0.6 is 0 Å². The van der Waals surface area contributed by atoms with Crippen LogP contribution < -0.4 is 9.46 Å². The molecule has 0 amide bonds. The van der Waals surface area contributed by atoms with E-state index in [9.17, 15) is 13.7 Å². The van der Waals surface area contributed by atoms with E-state index in [-0.39, 0.29) is 11.4 Å². The number of anilines is 1. The zero-order valence-electron chi connectivity index (χ0n) is 20.7. The molecule has 0 radical (unpaired) electrons. The summed E-state index contributed by atoms with van der Waals surface area (Å²) in [5.74, 6) is 0.720. The molecular weight excluding hydrogens is 490 g/mol. The number of rotatable bonds is 7. The number of fused-ring (bicyclic) bond motifs is 1. The lowest BCUT2D eigenvalue weighted by Crippen LogP contribution is -2.33. The zero-order valence-corrected chi connectivity index (χ0v) is 21.5. The fourth-order valence-corrected chi connectivity index (χ4v) is 7.24. The molecule has 2 aliphatic carbocycles. The molecule has 2 aromatic carbocycles. The van der Waals surface area contributed by atoms with Crippen LogP contribution in [0.25, 0.3) is 22.2 Å². The highest BCUT2D eigenvalue weighted by atomic mass is 32.2. The maximum Gasteiger partial charge on any atom is 0.235 e. The van der Waals surface area contributed by atoms with E-state index < -0.39 is 10.0 Å². The molecule has 8 nitrogen and oxygen atoms in total. The van der Waals surface area contributed by atoms with Gasteiger partial charge in [0.2, 0.25) is 10.0 Å². The third-order valence-corrected chi connectivity index (χ3v) is 9.63. The number of nitriles is 1. The molecule has 3 aromatic rings. The lowest BCUT2D eigenvalue weighted by atomic mass is 9.92. The van der Waals surface area contributed by atoms with E-state index in [1.807, 2.05) is 30.3 Å². The van der Waals surface area contributed by atoms with Crippen molar-refractivity contribution in [1.82, 2.24) is 4.57 Å². The smallest absolute Gasteiger partial charge is 0.235 e. The van der Waals surface area contributed by atoms with Crippen LogP contribution in [0.1, 0.15) is 56.6 Å². The van der Waals surface area contributed by atoms with Crippen molar-refractivity contribution in [2.45, 2.75) is 62.3 Å². The number of hydrogen-bond acceptors (Lipinski definition) is 6. The number of ether oxygens (including phenoxy) is 3. The van der Waals surface area contributed by atoms with Crippen LogP contribution in [0.4, 0.5) is 5.69 Å². The molecule has 37 heavy (non-hydrogen) atoms. The van der Waals surface area contributed by atoms with Gasteiger partial charge < -0.3 is 18.8 Å². The van der Waals surface area contributed by atoms with Crippen LogP contribution in [0.2, 0.25) is 0 Å². The molecule has 1 aromatic heterocycles. The van der Waals surface area contributed by atoms with Crippen LogP contribution in [0.15, 0.2) is 42.5 Å². The summed E-state index contributed by atoms with van der Waals surface area (Å²) < 4.78 is 47.4. The summed E-state index contributed by atoms with van der Waals surface area (Å²) >= 11 is 0. The highest BCUT2D eigenvalue weighted by molar-refractivity contribution is 7.93. The van der Waals surface area contributed by atoms with Crippen molar-refractivity contribution in [3.8, 4) is 23.1 Å². The molecule has 2 saturated carbocycles. The van der Waals surface area contributed by atoms with Gasteiger partial charge in [-0.05, 0) is 61.9 Å². The molecule has 6 rings (SSSR count). The number of benzene rings is 2. The topological polar surface area (TPSA) is 103 Å². The van der Waals surface area contributed by atoms with Crippen molar-refractivity contribution in [2.75, 3.05) is 24.7 Å². The van der Waals surface area contributed by atoms with Gasteiger partial charge in [-0.2, -0.15) is 5.26 Å². The van der Waals surface area contributed by atoms with Crippen molar-refractivity contribution in [2.24, 2.45) is 0 Å². The van der Waals surface area contributed by atoms with Gasteiger partial charge in [0.05, 0.1) is 35.2 Å². The fourth-order valence-electron chi connectivity index (χ4n) is 5.65. The van der Waals surface area contributed by atoms with Crippen molar-refractivity contribution in [1.29, 1.82) is 5.26 Å². The Morgan fingerprint density at radius 1 is 0.973 bits per heavy atom. The second-order valence-corrected chi connectivity index (χ2v) is 12.2. The van der Waals surface area contributed by atoms with Gasteiger partial charge in [0.1, 0.15) is 24.7 Å². The fraction of sp³-hybridized carbons (Fsp3) is 0.464. The minimum atomic E-state index is -3.40. The Kier molecular flexibility index (Phi) is 6.57. The van der Waals surface area contributed by atoms with Crippen molar-refractivity contribution >= 4 is 26.6 Å². The molecule has 0 bridgehead atoms. The summed E-state index contributed by atoms with van der Waals surface area (Å²) in [7, 11) is -3.40. The molecule has 2 heterocycles. The molecule has 9 heteroatoms. The third kappa shape index (κ3) is 4.70. The highest BCUT2D eigenvalue weighted by Gasteiger charge is 2.30. The van der Waals surface area contributed by atoms with E-state index in [2.05, 4.69) is 15.4 Å².